The average Bonchev–Trinajstić information content (AvgIpc) is 2.71. The van der Waals surface area contributed by atoms with Crippen LogP contribution in [0.5, 0.6) is 0 Å². The van der Waals surface area contributed by atoms with Crippen LogP contribution < -0.4 is 10.2 Å². The Balaban J connectivity index is 2.16. The molecule has 0 radical (unpaired) electrons. The Hall–Kier alpha value is -1.30. The monoisotopic (exact) mass is 273 g/mol. The van der Waals surface area contributed by atoms with Gasteiger partial charge in [0.25, 0.3) is 0 Å². The Morgan fingerprint density at radius 1 is 1.47 bits per heavy atom. The summed E-state index contributed by atoms with van der Waals surface area (Å²) in [5.41, 5.74) is -0.551. The molecule has 1 atom stereocenters. The van der Waals surface area contributed by atoms with E-state index < -0.39 is 11.7 Å². The highest BCUT2D eigenvalue weighted by Gasteiger charge is 2.35. The predicted molar refractivity (Wildman–Crippen MR) is 68.1 cm³/mol. The van der Waals surface area contributed by atoms with Crippen molar-refractivity contribution in [2.75, 3.05) is 31.6 Å². The van der Waals surface area contributed by atoms with Gasteiger partial charge in [0.1, 0.15) is 5.82 Å². The van der Waals surface area contributed by atoms with Gasteiger partial charge in [-0.25, -0.2) is 4.98 Å². The molecular formula is C13H18F3N3. The summed E-state index contributed by atoms with van der Waals surface area (Å²) < 4.78 is 38.0. The van der Waals surface area contributed by atoms with Gasteiger partial charge in [-0.3, -0.25) is 0 Å². The Bertz CT molecular complexity index is 447. The summed E-state index contributed by atoms with van der Waals surface area (Å²) in [5, 5.41) is 3.13. The number of alkyl halides is 3. The Morgan fingerprint density at radius 3 is 2.84 bits per heavy atom. The molecule has 0 aromatic carbocycles. The van der Waals surface area contributed by atoms with E-state index >= 15 is 0 Å². The van der Waals surface area contributed by atoms with Crippen molar-refractivity contribution >= 4 is 5.82 Å². The van der Waals surface area contributed by atoms with Crippen molar-refractivity contribution in [1.29, 1.82) is 0 Å². The van der Waals surface area contributed by atoms with Crippen molar-refractivity contribution in [3.05, 3.63) is 23.9 Å². The van der Waals surface area contributed by atoms with Gasteiger partial charge in [-0.15, -0.1) is 0 Å². The van der Waals surface area contributed by atoms with Crippen LogP contribution in [-0.2, 0) is 6.18 Å². The highest BCUT2D eigenvalue weighted by atomic mass is 19.4. The quantitative estimate of drug-likeness (QED) is 0.917. The van der Waals surface area contributed by atoms with Crippen LogP contribution in [0.4, 0.5) is 19.0 Å². The minimum absolute atomic E-state index is 0.0880. The molecule has 19 heavy (non-hydrogen) atoms. The topological polar surface area (TPSA) is 28.2 Å². The van der Waals surface area contributed by atoms with Crippen LogP contribution in [0.25, 0.3) is 0 Å². The fourth-order valence-corrected chi connectivity index (χ4v) is 2.56. The zero-order chi connectivity index (χ0) is 14.1. The summed E-state index contributed by atoms with van der Waals surface area (Å²) in [4.78, 5) is 5.99. The molecule has 1 saturated heterocycles. The van der Waals surface area contributed by atoms with Gasteiger partial charge in [0.05, 0.1) is 5.56 Å². The largest absolute Gasteiger partial charge is 0.416 e. The summed E-state index contributed by atoms with van der Waals surface area (Å²) in [6.45, 7) is 4.45. The van der Waals surface area contributed by atoms with Crippen LogP contribution in [0, 0.1) is 5.41 Å². The number of anilines is 1. The minimum Gasteiger partial charge on any atom is -0.356 e. The van der Waals surface area contributed by atoms with Crippen LogP contribution in [-0.4, -0.2) is 31.7 Å². The fourth-order valence-electron chi connectivity index (χ4n) is 2.56. The maximum Gasteiger partial charge on any atom is 0.416 e. The highest BCUT2D eigenvalue weighted by Crippen LogP contribution is 2.34. The fraction of sp³-hybridized carbons (Fsp3) is 0.615. The molecule has 1 aliphatic rings. The van der Waals surface area contributed by atoms with Crippen molar-refractivity contribution in [3.8, 4) is 0 Å². The molecule has 1 fully saturated rings. The van der Waals surface area contributed by atoms with Gasteiger partial charge in [-0.05, 0) is 31.0 Å². The predicted octanol–water partition coefficient (Wildman–Crippen LogP) is 2.54. The molecule has 0 saturated carbocycles. The summed E-state index contributed by atoms with van der Waals surface area (Å²) >= 11 is 0. The SMILES string of the molecule is CNCC1(C)CCN(c2cc(C(F)(F)F)ccn2)C1. The van der Waals surface area contributed by atoms with Crippen LogP contribution in [0.2, 0.25) is 0 Å². The van der Waals surface area contributed by atoms with Gasteiger partial charge in [-0.2, -0.15) is 13.2 Å². The molecule has 3 nitrogen and oxygen atoms in total. The van der Waals surface area contributed by atoms with Gasteiger partial charge in [0.2, 0.25) is 0 Å². The lowest BCUT2D eigenvalue weighted by Gasteiger charge is -2.25. The van der Waals surface area contributed by atoms with Gasteiger partial charge in [-0.1, -0.05) is 6.92 Å². The lowest BCUT2D eigenvalue weighted by Crippen LogP contribution is -2.33. The molecule has 1 aromatic rings. The number of aromatic nitrogens is 1. The van der Waals surface area contributed by atoms with Crippen LogP contribution in [0.3, 0.4) is 0 Å². The van der Waals surface area contributed by atoms with Crippen LogP contribution >= 0.6 is 0 Å². The number of hydrogen-bond donors (Lipinski definition) is 1. The van der Waals surface area contributed by atoms with Gasteiger partial charge < -0.3 is 10.2 Å². The van der Waals surface area contributed by atoms with Gasteiger partial charge in [0, 0.05) is 25.8 Å². The van der Waals surface area contributed by atoms with Crippen molar-refractivity contribution in [3.63, 3.8) is 0 Å². The maximum absolute atomic E-state index is 12.7. The normalized spacial score (nSPS) is 23.9. The maximum atomic E-state index is 12.7. The Labute approximate surface area is 110 Å². The lowest BCUT2D eigenvalue weighted by atomic mass is 9.90. The number of hydrogen-bond acceptors (Lipinski definition) is 3. The first-order valence-corrected chi connectivity index (χ1v) is 6.27. The summed E-state index contributed by atoms with van der Waals surface area (Å²) in [5.74, 6) is 0.412. The molecule has 1 unspecified atom stereocenters. The van der Waals surface area contributed by atoms with Gasteiger partial charge >= 0.3 is 6.18 Å². The van der Waals surface area contributed by atoms with E-state index in [2.05, 4.69) is 17.2 Å². The second kappa shape index (κ2) is 5.00. The molecule has 106 valence electrons. The van der Waals surface area contributed by atoms with E-state index in [0.717, 1.165) is 38.2 Å². The summed E-state index contributed by atoms with van der Waals surface area (Å²) in [7, 11) is 1.89. The number of pyridine rings is 1. The molecular weight excluding hydrogens is 255 g/mol. The molecule has 2 rings (SSSR count). The van der Waals surface area contributed by atoms with E-state index in [1.165, 1.54) is 6.20 Å². The minimum atomic E-state index is -4.31. The third kappa shape index (κ3) is 3.18. The van der Waals surface area contributed by atoms with E-state index in [9.17, 15) is 13.2 Å². The molecule has 1 N–H and O–H groups in total. The lowest BCUT2D eigenvalue weighted by molar-refractivity contribution is -0.137. The van der Waals surface area contributed by atoms with Crippen molar-refractivity contribution in [2.45, 2.75) is 19.5 Å². The molecule has 0 aliphatic carbocycles. The standard InChI is InChI=1S/C13H18F3N3/c1-12(8-17-2)4-6-19(9-12)11-7-10(3-5-18-11)13(14,15)16/h3,5,7,17H,4,6,8-9H2,1-2H3. The van der Waals surface area contributed by atoms with Crippen LogP contribution in [0.1, 0.15) is 18.9 Å². The van der Waals surface area contributed by atoms with Crippen molar-refractivity contribution in [1.82, 2.24) is 10.3 Å². The Kier molecular flexibility index (Phi) is 3.71. The molecule has 1 aliphatic heterocycles. The first kappa shape index (κ1) is 14.1. The first-order chi connectivity index (χ1) is 8.84. The Morgan fingerprint density at radius 2 is 2.21 bits per heavy atom. The van der Waals surface area contributed by atoms with Crippen molar-refractivity contribution in [2.24, 2.45) is 5.41 Å². The molecule has 0 spiro atoms. The van der Waals surface area contributed by atoms with E-state index in [4.69, 9.17) is 0 Å². The van der Waals surface area contributed by atoms with Crippen molar-refractivity contribution < 1.29 is 13.2 Å². The second-order valence-electron chi connectivity index (χ2n) is 5.41. The molecule has 6 heteroatoms. The van der Waals surface area contributed by atoms with Gasteiger partial charge in [0.15, 0.2) is 0 Å². The average molecular weight is 273 g/mol. The highest BCUT2D eigenvalue weighted by molar-refractivity contribution is 5.43. The number of rotatable bonds is 3. The third-order valence-electron chi connectivity index (χ3n) is 3.56. The first-order valence-electron chi connectivity index (χ1n) is 6.27. The van der Waals surface area contributed by atoms with E-state index in [-0.39, 0.29) is 5.41 Å². The second-order valence-corrected chi connectivity index (χ2v) is 5.41. The molecule has 1 aromatic heterocycles. The number of nitrogens with one attached hydrogen (secondary N) is 1. The summed E-state index contributed by atoms with van der Waals surface area (Å²) in [6.07, 6.45) is -2.14. The van der Waals surface area contributed by atoms with Crippen LogP contribution in [0.15, 0.2) is 18.3 Å². The van der Waals surface area contributed by atoms with E-state index in [1.807, 2.05) is 11.9 Å². The van der Waals surface area contributed by atoms with E-state index in [0.29, 0.717) is 5.82 Å². The smallest absolute Gasteiger partial charge is 0.356 e. The zero-order valence-electron chi connectivity index (χ0n) is 11.1. The molecule has 0 amide bonds. The zero-order valence-corrected chi connectivity index (χ0v) is 11.1. The number of nitrogens with zero attached hydrogens (tertiary/aromatic N) is 2. The molecule has 0 bridgehead atoms. The molecule has 2 heterocycles. The third-order valence-corrected chi connectivity index (χ3v) is 3.56. The summed E-state index contributed by atoms with van der Waals surface area (Å²) in [6, 6.07) is 2.14. The number of halogens is 3. The van der Waals surface area contributed by atoms with E-state index in [1.54, 1.807) is 0 Å².